The van der Waals surface area contributed by atoms with Gasteiger partial charge in [-0.1, -0.05) is 0 Å². The van der Waals surface area contributed by atoms with Gasteiger partial charge in [-0.2, -0.15) is 25.3 Å². The van der Waals surface area contributed by atoms with Gasteiger partial charge in [0.1, 0.15) is 21.2 Å². The van der Waals surface area contributed by atoms with E-state index in [0.717, 1.165) is 6.07 Å². The number of carbonyl (C=O) groups is 2. The maximum Gasteiger partial charge on any atom is 1.00 e. The Kier molecular flexibility index (Phi) is 10.6. The van der Waals surface area contributed by atoms with E-state index >= 15 is 0 Å². The number of aromatic nitrogens is 2. The zero-order chi connectivity index (χ0) is 30.7. The Hall–Kier alpha value is -2.98. The maximum atomic E-state index is 13.1. The summed E-state index contributed by atoms with van der Waals surface area (Å²) in [6.07, 6.45) is 2.93. The molecule has 0 spiro atoms. The molecule has 16 nitrogen and oxygen atoms in total. The third-order valence-corrected chi connectivity index (χ3v) is 8.45. The van der Waals surface area contributed by atoms with Gasteiger partial charge in [0.05, 0.1) is 16.3 Å². The number of hydrogen-bond acceptors (Lipinski definition) is 9. The fourth-order valence-corrected chi connectivity index (χ4v) is 6.14. The molecule has 0 unspecified atom stereocenters. The number of carbonyl (C=O) groups excluding carboxylic acids is 2. The van der Waals surface area contributed by atoms with E-state index < -0.39 is 67.6 Å². The molecule has 0 aliphatic carbocycles. The number of hydrogen-bond donors (Lipinski definition) is 6. The van der Waals surface area contributed by atoms with E-state index in [9.17, 15) is 48.5 Å². The number of amides is 2. The van der Waals surface area contributed by atoms with Gasteiger partial charge in [-0.25, -0.2) is 0 Å². The minimum Gasteiger partial charge on any atom is -0.397 e. The molecule has 0 saturated carbocycles. The molecule has 0 atom stereocenters. The van der Waals surface area contributed by atoms with Crippen molar-refractivity contribution in [3.63, 3.8) is 0 Å². The van der Waals surface area contributed by atoms with E-state index in [1.165, 1.54) is 40.7 Å². The van der Waals surface area contributed by atoms with E-state index in [1.54, 1.807) is 7.05 Å². The molecule has 0 bridgehead atoms. The van der Waals surface area contributed by atoms with Gasteiger partial charge in [-0.15, -0.1) is 12.4 Å². The quantitative estimate of drug-likeness (QED) is 0.0987. The molecule has 4 aromatic rings. The van der Waals surface area contributed by atoms with Gasteiger partial charge >= 0.3 is 29.6 Å². The van der Waals surface area contributed by atoms with Crippen LogP contribution in [0.4, 0.5) is 17.1 Å². The van der Waals surface area contributed by atoms with Crippen LogP contribution in [-0.4, -0.2) is 59.9 Å². The first-order chi connectivity index (χ1) is 18.8. The minimum atomic E-state index is -5.23. The third kappa shape index (κ3) is 7.76. The first-order valence-corrected chi connectivity index (χ1v) is 15.3. The largest absolute Gasteiger partial charge is 1.00 e. The van der Waals surface area contributed by atoms with Crippen LogP contribution in [0.2, 0.25) is 0 Å². The zero-order valence-electron chi connectivity index (χ0n) is 22.3. The molecular weight excluding hydrogens is 665 g/mol. The number of nitrogens with two attached hydrogens (primary N) is 1. The van der Waals surface area contributed by atoms with Crippen LogP contribution in [0.25, 0.3) is 10.8 Å². The van der Waals surface area contributed by atoms with Crippen molar-refractivity contribution in [2.45, 2.75) is 14.7 Å². The van der Waals surface area contributed by atoms with Crippen LogP contribution >= 0.6 is 12.4 Å². The number of fused-ring (bicyclic) bond motifs is 1. The van der Waals surface area contributed by atoms with Crippen LogP contribution in [0.3, 0.4) is 0 Å². The molecule has 2 heterocycles. The van der Waals surface area contributed by atoms with Crippen molar-refractivity contribution in [3.05, 3.63) is 60.2 Å². The number of nitrogens with zero attached hydrogens (tertiary/aromatic N) is 2. The molecule has 0 fully saturated rings. The summed E-state index contributed by atoms with van der Waals surface area (Å²) in [5.41, 5.74) is 6.04. The number of anilines is 3. The predicted octanol–water partition coefficient (Wildman–Crippen LogP) is -1.23. The molecule has 2 aromatic carbocycles. The smallest absolute Gasteiger partial charge is 0.397 e. The Morgan fingerprint density at radius 3 is 1.63 bits per heavy atom. The second-order valence-corrected chi connectivity index (χ2v) is 13.0. The molecule has 4 rings (SSSR count). The molecule has 0 radical (unpaired) electrons. The van der Waals surface area contributed by atoms with Gasteiger partial charge in [0.15, 0.2) is 0 Å². The number of benzene rings is 2. The standard InChI is InChI=1S/C22H21N5O11S3.ClH.Na/c1-26-9-11(23)3-17(26)21(28)25-13-5-18(27(2)10-13)22(29)24-12-4-15-16(19(6-12)40(33,34)35)7-14(39(30,31)32)8-20(15)41(36,37)38;;/h3-10H,23H2,1-2H3,(H,24,29)(H,25,28)(H,30,31,32)(H,33,34,35)(H,36,37,38);1H;/q;;+1. The molecule has 2 amide bonds. The normalized spacial score (nSPS) is 11.8. The van der Waals surface area contributed by atoms with Crippen LogP contribution in [0.15, 0.2) is 63.5 Å². The molecule has 2 aromatic heterocycles. The summed E-state index contributed by atoms with van der Waals surface area (Å²) in [6, 6.07) is 5.29. The Balaban J connectivity index is 0.00000323. The zero-order valence-corrected chi connectivity index (χ0v) is 27.6. The van der Waals surface area contributed by atoms with Crippen molar-refractivity contribution >= 4 is 82.4 Å². The van der Waals surface area contributed by atoms with E-state index in [-0.39, 0.29) is 64.7 Å². The van der Waals surface area contributed by atoms with Crippen LogP contribution in [0.5, 0.6) is 0 Å². The molecule has 21 heteroatoms. The fraction of sp³-hybridized carbons (Fsp3) is 0.0909. The average molecular weight is 687 g/mol. The van der Waals surface area contributed by atoms with Crippen molar-refractivity contribution in [3.8, 4) is 0 Å². The van der Waals surface area contributed by atoms with Gasteiger partial charge in [0.2, 0.25) is 0 Å². The van der Waals surface area contributed by atoms with E-state index in [4.69, 9.17) is 5.73 Å². The second-order valence-electron chi connectivity index (χ2n) is 8.82. The maximum absolute atomic E-state index is 13.1. The van der Waals surface area contributed by atoms with E-state index in [2.05, 4.69) is 10.6 Å². The predicted molar refractivity (Wildman–Crippen MR) is 152 cm³/mol. The van der Waals surface area contributed by atoms with Gasteiger partial charge in [-0.3, -0.25) is 23.2 Å². The van der Waals surface area contributed by atoms with Crippen LogP contribution < -0.4 is 45.9 Å². The average Bonchev–Trinajstić information content (AvgIpc) is 3.36. The Morgan fingerprint density at radius 2 is 1.14 bits per heavy atom. The summed E-state index contributed by atoms with van der Waals surface area (Å²) in [4.78, 5) is 22.4. The first kappa shape index (κ1) is 36.2. The van der Waals surface area contributed by atoms with Crippen LogP contribution in [0, 0.1) is 0 Å². The van der Waals surface area contributed by atoms with Crippen molar-refractivity contribution in [2.75, 3.05) is 16.4 Å². The number of rotatable bonds is 7. The SMILES string of the molecule is Cl.Cn1cc(N)cc1C(=O)Nc1cc(C(=O)Nc2cc(S(=O)(=O)O)c3cc(S(=O)(=O)O)cc(S(=O)(=O)O)c3c2)n(C)c1.[Na+]. The van der Waals surface area contributed by atoms with Gasteiger partial charge in [-0.05, 0) is 36.4 Å². The molecular formula is C22H22ClN5NaO11S3+. The molecule has 43 heavy (non-hydrogen) atoms. The van der Waals surface area contributed by atoms with Gasteiger partial charge in [0, 0.05) is 42.9 Å². The number of halogens is 1. The first-order valence-electron chi connectivity index (χ1n) is 11.0. The third-order valence-electron chi connectivity index (χ3n) is 5.83. The molecule has 0 saturated heterocycles. The number of nitrogens with one attached hydrogen (secondary N) is 2. The molecule has 0 aliphatic heterocycles. The molecule has 7 N–H and O–H groups in total. The summed E-state index contributed by atoms with van der Waals surface area (Å²) in [5, 5.41) is 3.62. The summed E-state index contributed by atoms with van der Waals surface area (Å²) in [7, 11) is -12.4. The Labute approximate surface area is 273 Å². The van der Waals surface area contributed by atoms with Crippen molar-refractivity contribution < 1.29 is 78.1 Å². The Bertz CT molecular complexity index is 2110. The van der Waals surface area contributed by atoms with Crippen molar-refractivity contribution in [1.82, 2.24) is 9.13 Å². The number of nitrogen functional groups attached to an aromatic ring is 1. The minimum absolute atomic E-state index is 0. The number of aryl methyl sites for hydroxylation is 2. The van der Waals surface area contributed by atoms with Crippen LogP contribution in [0.1, 0.15) is 21.0 Å². The van der Waals surface area contributed by atoms with E-state index in [1.807, 2.05) is 0 Å². The van der Waals surface area contributed by atoms with Crippen molar-refractivity contribution in [1.29, 1.82) is 0 Å². The second kappa shape index (κ2) is 12.6. The monoisotopic (exact) mass is 686 g/mol. The Morgan fingerprint density at radius 1 is 0.674 bits per heavy atom. The van der Waals surface area contributed by atoms with E-state index in [0.29, 0.717) is 23.9 Å². The summed E-state index contributed by atoms with van der Waals surface area (Å²) < 4.78 is 103. The fourth-order valence-electron chi connectivity index (χ4n) is 4.08. The summed E-state index contributed by atoms with van der Waals surface area (Å²) in [5.74, 6) is -1.41. The topological polar surface area (TPSA) is 257 Å². The van der Waals surface area contributed by atoms with Gasteiger partial charge in [0.25, 0.3) is 42.2 Å². The summed E-state index contributed by atoms with van der Waals surface area (Å²) in [6.45, 7) is 0. The molecule has 0 aliphatic rings. The van der Waals surface area contributed by atoms with Crippen LogP contribution in [-0.2, 0) is 44.4 Å². The van der Waals surface area contributed by atoms with Gasteiger partial charge < -0.3 is 25.5 Å². The summed E-state index contributed by atoms with van der Waals surface area (Å²) >= 11 is 0. The van der Waals surface area contributed by atoms with Crippen molar-refractivity contribution in [2.24, 2.45) is 14.1 Å². The molecule has 226 valence electrons.